The normalized spacial score (nSPS) is 10.9. The highest BCUT2D eigenvalue weighted by molar-refractivity contribution is 5.98. The van der Waals surface area contributed by atoms with Gasteiger partial charge in [-0.15, -0.1) is 0 Å². The Bertz CT molecular complexity index is 1450. The van der Waals surface area contributed by atoms with Crippen LogP contribution in [0.25, 0.3) is 33.5 Å². The van der Waals surface area contributed by atoms with Crippen LogP contribution in [-0.4, -0.2) is 76.4 Å². The molecule has 0 aliphatic carbocycles. The van der Waals surface area contributed by atoms with Gasteiger partial charge < -0.3 is 29.2 Å². The molecule has 0 aliphatic heterocycles. The second-order valence-electron chi connectivity index (χ2n) is 8.82. The third kappa shape index (κ3) is 5.63. The van der Waals surface area contributed by atoms with E-state index in [1.165, 1.54) is 0 Å². The zero-order chi connectivity index (χ0) is 27.2. The lowest BCUT2D eigenvalue weighted by molar-refractivity contribution is 0.0951. The molecular formula is C29H32N4O5. The molecule has 198 valence electrons. The molecule has 0 saturated heterocycles. The summed E-state index contributed by atoms with van der Waals surface area (Å²) in [6.45, 7) is 1.29. The number of amides is 1. The molecule has 0 fully saturated rings. The maximum Gasteiger partial charge on any atom is 0.251 e. The van der Waals surface area contributed by atoms with Gasteiger partial charge in [-0.3, -0.25) is 4.79 Å². The first-order chi connectivity index (χ1) is 18.4. The monoisotopic (exact) mass is 516 g/mol. The average molecular weight is 517 g/mol. The maximum atomic E-state index is 12.8. The molecule has 0 unspecified atom stereocenters. The van der Waals surface area contributed by atoms with Crippen molar-refractivity contribution in [3.8, 4) is 45.5 Å². The number of methoxy groups -OCH3 is 4. The van der Waals surface area contributed by atoms with E-state index < -0.39 is 0 Å². The van der Waals surface area contributed by atoms with Crippen molar-refractivity contribution in [3.63, 3.8) is 0 Å². The van der Waals surface area contributed by atoms with E-state index in [-0.39, 0.29) is 5.91 Å². The number of fused-ring (bicyclic) bond motifs is 1. The van der Waals surface area contributed by atoms with Gasteiger partial charge in [-0.1, -0.05) is 0 Å². The van der Waals surface area contributed by atoms with Crippen molar-refractivity contribution < 1.29 is 23.7 Å². The fourth-order valence-electron chi connectivity index (χ4n) is 4.06. The lowest BCUT2D eigenvalue weighted by atomic mass is 10.0. The Morgan fingerprint density at radius 1 is 0.711 bits per heavy atom. The number of nitrogens with one attached hydrogen (secondary N) is 1. The van der Waals surface area contributed by atoms with Gasteiger partial charge in [-0.2, -0.15) is 0 Å². The van der Waals surface area contributed by atoms with Gasteiger partial charge in [-0.05, 0) is 68.7 Å². The predicted octanol–water partition coefficient (Wildman–Crippen LogP) is 4.29. The van der Waals surface area contributed by atoms with E-state index in [4.69, 9.17) is 28.9 Å². The molecule has 0 bridgehead atoms. The first kappa shape index (κ1) is 26.7. The van der Waals surface area contributed by atoms with E-state index >= 15 is 0 Å². The van der Waals surface area contributed by atoms with E-state index in [1.807, 2.05) is 61.5 Å². The van der Waals surface area contributed by atoms with Gasteiger partial charge in [0.1, 0.15) is 0 Å². The number of likely N-dealkylation sites (N-methyl/N-ethyl adjacent to an activating group) is 1. The van der Waals surface area contributed by atoms with Crippen molar-refractivity contribution >= 4 is 16.9 Å². The van der Waals surface area contributed by atoms with Crippen LogP contribution in [0, 0.1) is 0 Å². The lowest BCUT2D eigenvalue weighted by Crippen LogP contribution is -2.31. The van der Waals surface area contributed by atoms with Crippen LogP contribution in [0.1, 0.15) is 10.4 Å². The van der Waals surface area contributed by atoms with Gasteiger partial charge in [0.2, 0.25) is 0 Å². The fraction of sp³-hybridized carbons (Fsp3) is 0.276. The summed E-state index contributed by atoms with van der Waals surface area (Å²) in [6, 6.07) is 16.5. The molecule has 0 spiro atoms. The van der Waals surface area contributed by atoms with E-state index in [0.717, 1.165) is 17.7 Å². The van der Waals surface area contributed by atoms with Crippen molar-refractivity contribution in [2.24, 2.45) is 0 Å². The summed E-state index contributed by atoms with van der Waals surface area (Å²) in [5, 5.41) is 2.94. The minimum atomic E-state index is -0.160. The predicted molar refractivity (Wildman–Crippen MR) is 148 cm³/mol. The standard InChI is InChI=1S/C29H32N4O5/c1-33(2)14-13-30-29(34)20-7-10-21-22(15-20)32-28(19-9-12-24(36-4)26(17-19)38-6)27(31-21)18-8-11-23(35-3)25(16-18)37-5/h7-12,15-17H,13-14H2,1-6H3,(H,30,34). The van der Waals surface area contributed by atoms with Gasteiger partial charge in [0.05, 0.1) is 50.9 Å². The second-order valence-corrected chi connectivity index (χ2v) is 8.82. The SMILES string of the molecule is COc1ccc(-c2nc3ccc(C(=O)NCCN(C)C)cc3nc2-c2ccc(OC)c(OC)c2)cc1OC. The minimum Gasteiger partial charge on any atom is -0.493 e. The van der Waals surface area contributed by atoms with Gasteiger partial charge in [0.15, 0.2) is 23.0 Å². The molecule has 0 aliphatic rings. The molecule has 3 aromatic carbocycles. The number of hydrogen-bond acceptors (Lipinski definition) is 8. The van der Waals surface area contributed by atoms with Crippen LogP contribution in [0.4, 0.5) is 0 Å². The first-order valence-electron chi connectivity index (χ1n) is 12.1. The number of aromatic nitrogens is 2. The smallest absolute Gasteiger partial charge is 0.251 e. The topological polar surface area (TPSA) is 95.0 Å². The zero-order valence-corrected chi connectivity index (χ0v) is 22.5. The third-order valence-electron chi connectivity index (χ3n) is 6.08. The molecule has 9 nitrogen and oxygen atoms in total. The van der Waals surface area contributed by atoms with E-state index in [2.05, 4.69) is 5.32 Å². The van der Waals surface area contributed by atoms with Crippen molar-refractivity contribution in [2.45, 2.75) is 0 Å². The van der Waals surface area contributed by atoms with Crippen molar-refractivity contribution in [3.05, 3.63) is 60.2 Å². The number of carbonyl (C=O) groups excluding carboxylic acids is 1. The Labute approximate surface area is 222 Å². The number of benzene rings is 3. The molecule has 4 aromatic rings. The second kappa shape index (κ2) is 11.8. The summed E-state index contributed by atoms with van der Waals surface area (Å²) >= 11 is 0. The number of hydrogen-bond donors (Lipinski definition) is 1. The van der Waals surface area contributed by atoms with Crippen LogP contribution in [0.2, 0.25) is 0 Å². The Hall–Kier alpha value is -4.37. The summed E-state index contributed by atoms with van der Waals surface area (Å²) in [5.74, 6) is 2.21. The third-order valence-corrected chi connectivity index (χ3v) is 6.08. The van der Waals surface area contributed by atoms with Gasteiger partial charge >= 0.3 is 0 Å². The van der Waals surface area contributed by atoms with Crippen molar-refractivity contribution in [1.82, 2.24) is 20.2 Å². The molecule has 38 heavy (non-hydrogen) atoms. The Morgan fingerprint density at radius 2 is 1.24 bits per heavy atom. The summed E-state index contributed by atoms with van der Waals surface area (Å²) < 4.78 is 21.9. The summed E-state index contributed by atoms with van der Waals surface area (Å²) in [4.78, 5) is 24.7. The summed E-state index contributed by atoms with van der Waals surface area (Å²) in [5.41, 5.74) is 4.62. The van der Waals surface area contributed by atoms with Crippen LogP contribution in [0.3, 0.4) is 0 Å². The number of rotatable bonds is 10. The average Bonchev–Trinajstić information content (AvgIpc) is 2.95. The molecule has 9 heteroatoms. The fourth-order valence-corrected chi connectivity index (χ4v) is 4.06. The van der Waals surface area contributed by atoms with Crippen LogP contribution in [0.5, 0.6) is 23.0 Å². The molecule has 0 atom stereocenters. The lowest BCUT2D eigenvalue weighted by Gasteiger charge is -2.15. The molecule has 1 N–H and O–H groups in total. The summed E-state index contributed by atoms with van der Waals surface area (Å²) in [6.07, 6.45) is 0. The van der Waals surface area contributed by atoms with E-state index in [1.54, 1.807) is 40.6 Å². The van der Waals surface area contributed by atoms with Crippen molar-refractivity contribution in [1.29, 1.82) is 0 Å². The minimum absolute atomic E-state index is 0.160. The molecule has 0 saturated carbocycles. The van der Waals surface area contributed by atoms with Gasteiger partial charge in [-0.25, -0.2) is 9.97 Å². The van der Waals surface area contributed by atoms with Crippen LogP contribution < -0.4 is 24.3 Å². The largest absolute Gasteiger partial charge is 0.493 e. The molecule has 4 rings (SSSR count). The Morgan fingerprint density at radius 3 is 1.74 bits per heavy atom. The van der Waals surface area contributed by atoms with Crippen LogP contribution >= 0.6 is 0 Å². The van der Waals surface area contributed by atoms with Gasteiger partial charge in [0.25, 0.3) is 5.91 Å². The number of ether oxygens (including phenoxy) is 4. The maximum absolute atomic E-state index is 12.8. The Kier molecular flexibility index (Phi) is 8.28. The molecule has 1 heterocycles. The highest BCUT2D eigenvalue weighted by atomic mass is 16.5. The van der Waals surface area contributed by atoms with E-state index in [0.29, 0.717) is 57.5 Å². The van der Waals surface area contributed by atoms with Crippen LogP contribution in [0.15, 0.2) is 54.6 Å². The van der Waals surface area contributed by atoms with Crippen LogP contribution in [-0.2, 0) is 0 Å². The van der Waals surface area contributed by atoms with Gasteiger partial charge in [0, 0.05) is 29.8 Å². The number of nitrogens with zero attached hydrogens (tertiary/aromatic N) is 3. The molecule has 1 aromatic heterocycles. The molecular weight excluding hydrogens is 484 g/mol. The van der Waals surface area contributed by atoms with E-state index in [9.17, 15) is 4.79 Å². The van der Waals surface area contributed by atoms with Crippen molar-refractivity contribution in [2.75, 3.05) is 55.6 Å². The summed E-state index contributed by atoms with van der Waals surface area (Å²) in [7, 11) is 10.3. The highest BCUT2D eigenvalue weighted by Crippen LogP contribution is 2.39. The molecule has 0 radical (unpaired) electrons. The zero-order valence-electron chi connectivity index (χ0n) is 22.5. The first-order valence-corrected chi connectivity index (χ1v) is 12.1. The number of carbonyl (C=O) groups is 1. The Balaban J connectivity index is 1.87. The highest BCUT2D eigenvalue weighted by Gasteiger charge is 2.18. The molecule has 1 amide bonds. The quantitative estimate of drug-likeness (QED) is 0.334.